The Morgan fingerprint density at radius 1 is 1.09 bits per heavy atom. The molecule has 2 aromatic carbocycles. The Hall–Kier alpha value is -2.90. The van der Waals surface area contributed by atoms with Crippen LogP contribution in [0.1, 0.15) is 41.1 Å². The molecule has 0 atom stereocenters. The van der Waals surface area contributed by atoms with E-state index in [-0.39, 0.29) is 18.4 Å². The molecule has 4 rings (SSSR count). The lowest BCUT2D eigenvalue weighted by Gasteiger charge is -2.35. The first-order valence-corrected chi connectivity index (χ1v) is 11.8. The first-order valence-electron chi connectivity index (χ1n) is 11.8. The van der Waals surface area contributed by atoms with Crippen molar-refractivity contribution >= 4 is 17.5 Å². The van der Waals surface area contributed by atoms with Crippen LogP contribution < -0.4 is 15.0 Å². The summed E-state index contributed by atoms with van der Waals surface area (Å²) in [5, 5.41) is 3.01. The maximum atomic E-state index is 12.7. The third-order valence-corrected chi connectivity index (χ3v) is 6.49. The second-order valence-corrected chi connectivity index (χ2v) is 8.61. The zero-order valence-corrected chi connectivity index (χ0v) is 19.3. The van der Waals surface area contributed by atoms with Gasteiger partial charge in [0, 0.05) is 38.9 Å². The quantitative estimate of drug-likeness (QED) is 0.594. The normalized spacial score (nSPS) is 16.9. The molecule has 1 saturated heterocycles. The van der Waals surface area contributed by atoms with Crippen LogP contribution in [0.3, 0.4) is 0 Å². The predicted molar refractivity (Wildman–Crippen MR) is 128 cm³/mol. The molecule has 7 nitrogen and oxygen atoms in total. The lowest BCUT2D eigenvalue weighted by atomic mass is 9.86. The summed E-state index contributed by atoms with van der Waals surface area (Å²) in [5.41, 5.74) is 2.77. The summed E-state index contributed by atoms with van der Waals surface area (Å²) < 4.78 is 10.6. The van der Waals surface area contributed by atoms with Gasteiger partial charge in [0.25, 0.3) is 11.8 Å². The average molecular weight is 452 g/mol. The molecule has 1 N–H and O–H groups in total. The van der Waals surface area contributed by atoms with E-state index in [1.807, 2.05) is 47.4 Å². The number of carbonyl (C=O) groups is 2. The van der Waals surface area contributed by atoms with Crippen LogP contribution in [-0.2, 0) is 9.53 Å². The summed E-state index contributed by atoms with van der Waals surface area (Å²) in [7, 11) is 1.67. The maximum Gasteiger partial charge on any atom is 0.265 e. The molecule has 33 heavy (non-hydrogen) atoms. The van der Waals surface area contributed by atoms with E-state index in [9.17, 15) is 9.59 Å². The van der Waals surface area contributed by atoms with Crippen molar-refractivity contribution in [3.05, 3.63) is 59.7 Å². The van der Waals surface area contributed by atoms with Gasteiger partial charge in [-0.05, 0) is 62.0 Å². The van der Waals surface area contributed by atoms with Gasteiger partial charge in [0.1, 0.15) is 5.75 Å². The van der Waals surface area contributed by atoms with Crippen molar-refractivity contribution < 1.29 is 19.1 Å². The molecule has 0 saturated carbocycles. The van der Waals surface area contributed by atoms with Gasteiger partial charge in [0.15, 0.2) is 6.61 Å². The maximum absolute atomic E-state index is 12.7. The second-order valence-electron chi connectivity index (χ2n) is 8.61. The number of fused-ring (bicyclic) bond motifs is 1. The standard InChI is InChI=1S/C26H33N3O4/c1-32-18-6-13-27-26(31)22-8-3-2-7-21(22)20-11-14-28(15-12-20)16-17-29-23-9-4-5-10-24(23)33-19-25(29)30/h2-5,7-10,20H,6,11-19H2,1H3,(H,27,31). The van der Waals surface area contributed by atoms with E-state index in [1.54, 1.807) is 7.11 Å². The number of nitrogens with zero attached hydrogens (tertiary/aromatic N) is 2. The van der Waals surface area contributed by atoms with Crippen LogP contribution in [0.2, 0.25) is 0 Å². The van der Waals surface area contributed by atoms with Crippen molar-refractivity contribution in [1.82, 2.24) is 10.2 Å². The first-order chi connectivity index (χ1) is 16.2. The van der Waals surface area contributed by atoms with Gasteiger partial charge in [-0.1, -0.05) is 30.3 Å². The number of nitrogens with one attached hydrogen (secondary N) is 1. The number of piperidine rings is 1. The number of amides is 2. The van der Waals surface area contributed by atoms with E-state index in [4.69, 9.17) is 9.47 Å². The highest BCUT2D eigenvalue weighted by Crippen LogP contribution is 2.32. The van der Waals surface area contributed by atoms with E-state index in [0.29, 0.717) is 25.6 Å². The number of para-hydroxylation sites is 2. The number of hydrogen-bond acceptors (Lipinski definition) is 5. The fourth-order valence-electron chi connectivity index (χ4n) is 4.68. The minimum absolute atomic E-state index is 0.00590. The molecule has 2 amide bonds. The minimum atomic E-state index is -0.00590. The van der Waals surface area contributed by atoms with Crippen LogP contribution in [0.25, 0.3) is 0 Å². The molecule has 0 spiro atoms. The van der Waals surface area contributed by atoms with Gasteiger partial charge in [0.2, 0.25) is 0 Å². The van der Waals surface area contributed by atoms with Gasteiger partial charge in [0.05, 0.1) is 5.69 Å². The Bertz CT molecular complexity index is 956. The van der Waals surface area contributed by atoms with Gasteiger partial charge in [-0.2, -0.15) is 0 Å². The predicted octanol–water partition coefficient (Wildman–Crippen LogP) is 3.06. The summed E-state index contributed by atoms with van der Waals surface area (Å²) in [5.74, 6) is 1.14. The molecule has 176 valence electrons. The molecule has 2 aliphatic heterocycles. The number of carbonyl (C=O) groups excluding carboxylic acids is 2. The number of likely N-dealkylation sites (tertiary alicyclic amines) is 1. The van der Waals surface area contributed by atoms with Crippen LogP contribution >= 0.6 is 0 Å². The van der Waals surface area contributed by atoms with Gasteiger partial charge < -0.3 is 24.6 Å². The highest BCUT2D eigenvalue weighted by Gasteiger charge is 2.27. The number of methoxy groups -OCH3 is 1. The monoisotopic (exact) mass is 451 g/mol. The van der Waals surface area contributed by atoms with Crippen LogP contribution in [0.15, 0.2) is 48.5 Å². The Morgan fingerprint density at radius 2 is 1.85 bits per heavy atom. The molecular formula is C26H33N3O4. The zero-order valence-electron chi connectivity index (χ0n) is 19.3. The number of rotatable bonds is 9. The first kappa shape index (κ1) is 23.3. The molecule has 0 radical (unpaired) electrons. The summed E-state index contributed by atoms with van der Waals surface area (Å²) in [4.78, 5) is 29.4. The fraction of sp³-hybridized carbons (Fsp3) is 0.462. The van der Waals surface area contributed by atoms with Crippen LogP contribution in [0.5, 0.6) is 5.75 Å². The van der Waals surface area contributed by atoms with Crippen LogP contribution in [0.4, 0.5) is 5.69 Å². The van der Waals surface area contributed by atoms with Gasteiger partial charge in [-0.3, -0.25) is 9.59 Å². The highest BCUT2D eigenvalue weighted by molar-refractivity contribution is 5.97. The Morgan fingerprint density at radius 3 is 2.67 bits per heavy atom. The molecule has 2 heterocycles. The topological polar surface area (TPSA) is 71.1 Å². The van der Waals surface area contributed by atoms with Crippen molar-refractivity contribution in [1.29, 1.82) is 0 Å². The van der Waals surface area contributed by atoms with Gasteiger partial charge in [-0.15, -0.1) is 0 Å². The summed E-state index contributed by atoms with van der Waals surface area (Å²) in [6, 6.07) is 15.7. The Kier molecular flexibility index (Phi) is 7.96. The van der Waals surface area contributed by atoms with Crippen molar-refractivity contribution in [2.75, 3.05) is 57.9 Å². The summed E-state index contributed by atoms with van der Waals surface area (Å²) in [6.07, 6.45) is 2.81. The molecular weight excluding hydrogens is 418 g/mol. The number of hydrogen-bond donors (Lipinski definition) is 1. The third-order valence-electron chi connectivity index (χ3n) is 6.49. The van der Waals surface area contributed by atoms with E-state index >= 15 is 0 Å². The molecule has 1 fully saturated rings. The molecule has 2 aliphatic rings. The summed E-state index contributed by atoms with van der Waals surface area (Å²) >= 11 is 0. The third kappa shape index (κ3) is 5.72. The fourth-order valence-corrected chi connectivity index (χ4v) is 4.68. The van der Waals surface area contributed by atoms with Crippen molar-refractivity contribution in [2.24, 2.45) is 0 Å². The summed E-state index contributed by atoms with van der Waals surface area (Å²) in [6.45, 7) is 4.75. The Labute approximate surface area is 195 Å². The van der Waals surface area contributed by atoms with E-state index in [1.165, 1.54) is 0 Å². The lowest BCUT2D eigenvalue weighted by molar-refractivity contribution is -0.121. The number of benzene rings is 2. The van der Waals surface area contributed by atoms with Crippen LogP contribution in [-0.4, -0.2) is 69.8 Å². The van der Waals surface area contributed by atoms with Crippen molar-refractivity contribution in [3.63, 3.8) is 0 Å². The molecule has 0 aliphatic carbocycles. The van der Waals surface area contributed by atoms with Gasteiger partial charge >= 0.3 is 0 Å². The molecule has 0 bridgehead atoms. The average Bonchev–Trinajstić information content (AvgIpc) is 2.86. The molecule has 0 unspecified atom stereocenters. The zero-order chi connectivity index (χ0) is 23.0. The molecule has 2 aromatic rings. The van der Waals surface area contributed by atoms with E-state index < -0.39 is 0 Å². The lowest BCUT2D eigenvalue weighted by Crippen LogP contribution is -2.45. The largest absolute Gasteiger partial charge is 0.482 e. The number of anilines is 1. The van der Waals surface area contributed by atoms with E-state index in [0.717, 1.165) is 61.5 Å². The highest BCUT2D eigenvalue weighted by atomic mass is 16.5. The number of ether oxygens (including phenoxy) is 2. The van der Waals surface area contributed by atoms with Gasteiger partial charge in [-0.25, -0.2) is 0 Å². The minimum Gasteiger partial charge on any atom is -0.482 e. The van der Waals surface area contributed by atoms with Crippen molar-refractivity contribution in [3.8, 4) is 5.75 Å². The van der Waals surface area contributed by atoms with Crippen molar-refractivity contribution in [2.45, 2.75) is 25.2 Å². The Balaban J connectivity index is 1.31. The SMILES string of the molecule is COCCCNC(=O)c1ccccc1C1CCN(CCN2C(=O)COc3ccccc32)CC1. The second kappa shape index (κ2) is 11.3. The smallest absolute Gasteiger partial charge is 0.265 e. The van der Waals surface area contributed by atoms with E-state index in [2.05, 4.69) is 16.3 Å². The molecule has 7 heteroatoms. The molecule has 0 aromatic heterocycles. The van der Waals surface area contributed by atoms with Crippen LogP contribution in [0, 0.1) is 0 Å².